The van der Waals surface area contributed by atoms with Gasteiger partial charge in [0.15, 0.2) is 11.4 Å². The van der Waals surface area contributed by atoms with E-state index in [9.17, 15) is 0 Å². The van der Waals surface area contributed by atoms with E-state index in [0.717, 1.165) is 5.56 Å². The summed E-state index contributed by atoms with van der Waals surface area (Å²) in [7, 11) is 1.56. The lowest BCUT2D eigenvalue weighted by molar-refractivity contribution is 0.416. The molecule has 0 aliphatic carbocycles. The molecule has 0 saturated carbocycles. The molecule has 0 aliphatic heterocycles. The van der Waals surface area contributed by atoms with Crippen LogP contribution in [0.25, 0.3) is 11.5 Å². The fourth-order valence-electron chi connectivity index (χ4n) is 1.71. The standard InChI is InChI=1S/C14H15N5O2S/c1-4-12-18-19-13(21-12)9-5-6-11(20-2)10(7-9)17-14(22-3)16-8-15/h5-7H,4H2,1-3H3,(H,16,17). The first kappa shape index (κ1) is 15.9. The van der Waals surface area contributed by atoms with Crippen LogP contribution < -0.4 is 10.1 Å². The fourth-order valence-corrected chi connectivity index (χ4v) is 2.04. The van der Waals surface area contributed by atoms with Gasteiger partial charge in [-0.3, -0.25) is 5.32 Å². The minimum absolute atomic E-state index is 0.426. The number of ether oxygens (including phenoxy) is 1. The number of nitriles is 1. The average Bonchev–Trinajstić information content (AvgIpc) is 3.03. The van der Waals surface area contributed by atoms with E-state index in [-0.39, 0.29) is 0 Å². The molecule has 0 amide bonds. The summed E-state index contributed by atoms with van der Waals surface area (Å²) in [6.07, 6.45) is 4.35. The summed E-state index contributed by atoms with van der Waals surface area (Å²) in [5, 5.41) is 19.7. The number of aliphatic imine (C=N–C) groups is 1. The van der Waals surface area contributed by atoms with Gasteiger partial charge < -0.3 is 9.15 Å². The molecule has 0 aliphatic rings. The topological polar surface area (TPSA) is 96.3 Å². The van der Waals surface area contributed by atoms with Crippen LogP contribution >= 0.6 is 11.8 Å². The predicted octanol–water partition coefficient (Wildman–Crippen LogP) is 2.73. The zero-order valence-corrected chi connectivity index (χ0v) is 13.3. The Kier molecular flexibility index (Phi) is 5.38. The molecule has 0 spiro atoms. The third kappa shape index (κ3) is 3.56. The van der Waals surface area contributed by atoms with Gasteiger partial charge in [0.1, 0.15) is 11.4 Å². The molecule has 1 aromatic carbocycles. The molecule has 0 bridgehead atoms. The van der Waals surface area contributed by atoms with Gasteiger partial charge in [-0.05, 0) is 24.5 Å². The van der Waals surface area contributed by atoms with Crippen LogP contribution in [0.2, 0.25) is 0 Å². The first-order chi connectivity index (χ1) is 10.7. The average molecular weight is 317 g/mol. The summed E-state index contributed by atoms with van der Waals surface area (Å²) in [6.45, 7) is 1.94. The van der Waals surface area contributed by atoms with E-state index < -0.39 is 0 Å². The first-order valence-corrected chi connectivity index (χ1v) is 7.72. The summed E-state index contributed by atoms with van der Waals surface area (Å²) in [4.78, 5) is 4.38. The van der Waals surface area contributed by atoms with Crippen molar-refractivity contribution in [2.45, 2.75) is 13.3 Å². The van der Waals surface area contributed by atoms with Crippen molar-refractivity contribution in [3.63, 3.8) is 0 Å². The third-order valence-electron chi connectivity index (χ3n) is 2.77. The number of thioether (sulfide) groups is 1. The second-order valence-electron chi connectivity index (χ2n) is 4.10. The van der Waals surface area contributed by atoms with Gasteiger partial charge >= 0.3 is 0 Å². The number of aromatic nitrogens is 2. The van der Waals surface area contributed by atoms with Crippen LogP contribution in [-0.4, -0.2) is 28.7 Å². The quantitative estimate of drug-likeness (QED) is 0.401. The molecule has 0 saturated heterocycles. The molecular weight excluding hydrogens is 302 g/mol. The van der Waals surface area contributed by atoms with Crippen LogP contribution in [-0.2, 0) is 6.42 Å². The highest BCUT2D eigenvalue weighted by atomic mass is 32.2. The summed E-state index contributed by atoms with van der Waals surface area (Å²) in [5.41, 5.74) is 1.31. The minimum Gasteiger partial charge on any atom is -0.494 e. The summed E-state index contributed by atoms with van der Waals surface area (Å²) >= 11 is 1.33. The van der Waals surface area contributed by atoms with Gasteiger partial charge in [-0.2, -0.15) is 5.26 Å². The molecule has 114 valence electrons. The van der Waals surface area contributed by atoms with E-state index in [1.165, 1.54) is 11.8 Å². The Morgan fingerprint density at radius 1 is 1.50 bits per heavy atom. The molecule has 0 atom stereocenters. The molecule has 2 aromatic rings. The van der Waals surface area contributed by atoms with Crippen molar-refractivity contribution in [3.05, 3.63) is 24.1 Å². The van der Waals surface area contributed by atoms with E-state index in [4.69, 9.17) is 14.4 Å². The minimum atomic E-state index is 0.426. The number of nitrogens with zero attached hydrogens (tertiary/aromatic N) is 4. The second-order valence-corrected chi connectivity index (χ2v) is 4.89. The second kappa shape index (κ2) is 7.47. The Hall–Kier alpha value is -2.53. The number of amidine groups is 1. The Balaban J connectivity index is 2.44. The van der Waals surface area contributed by atoms with E-state index >= 15 is 0 Å². The Bertz CT molecular complexity index is 720. The third-order valence-corrected chi connectivity index (χ3v) is 3.35. The van der Waals surface area contributed by atoms with Gasteiger partial charge in [-0.1, -0.05) is 18.7 Å². The van der Waals surface area contributed by atoms with Gasteiger partial charge in [-0.15, -0.1) is 10.2 Å². The lowest BCUT2D eigenvalue weighted by Gasteiger charge is -2.07. The van der Waals surface area contributed by atoms with Crippen molar-refractivity contribution < 1.29 is 9.15 Å². The van der Waals surface area contributed by atoms with Crippen LogP contribution in [0.15, 0.2) is 27.6 Å². The van der Waals surface area contributed by atoms with Gasteiger partial charge in [0.25, 0.3) is 0 Å². The van der Waals surface area contributed by atoms with Gasteiger partial charge in [0, 0.05) is 12.0 Å². The summed E-state index contributed by atoms with van der Waals surface area (Å²) in [6, 6.07) is 5.37. The van der Waals surface area contributed by atoms with Crippen LogP contribution in [0, 0.1) is 11.5 Å². The van der Waals surface area contributed by atoms with E-state index in [0.29, 0.717) is 34.8 Å². The fraction of sp³-hybridized carbons (Fsp3) is 0.286. The number of hydrogen-bond donors (Lipinski definition) is 1. The number of rotatable bonds is 4. The highest BCUT2D eigenvalue weighted by Gasteiger charge is 2.11. The maximum Gasteiger partial charge on any atom is 0.247 e. The van der Waals surface area contributed by atoms with Crippen LogP contribution in [0.1, 0.15) is 12.8 Å². The Morgan fingerprint density at radius 2 is 2.32 bits per heavy atom. The van der Waals surface area contributed by atoms with Crippen LogP contribution in [0.4, 0.5) is 5.69 Å². The lowest BCUT2D eigenvalue weighted by Crippen LogP contribution is -2.12. The van der Waals surface area contributed by atoms with Crippen molar-refractivity contribution in [3.8, 4) is 23.4 Å². The van der Waals surface area contributed by atoms with Crippen molar-refractivity contribution >= 4 is 22.6 Å². The Morgan fingerprint density at radius 3 is 2.91 bits per heavy atom. The monoisotopic (exact) mass is 317 g/mol. The predicted molar refractivity (Wildman–Crippen MR) is 85.0 cm³/mol. The molecule has 0 fully saturated rings. The Labute approximate surface area is 132 Å². The van der Waals surface area contributed by atoms with Crippen molar-refractivity contribution in [2.24, 2.45) is 4.99 Å². The van der Waals surface area contributed by atoms with E-state index in [1.807, 2.05) is 25.4 Å². The van der Waals surface area contributed by atoms with Crippen molar-refractivity contribution in [1.82, 2.24) is 15.5 Å². The SMILES string of the molecule is CCc1nnc(-c2ccc(OC)c(N=C(NC#N)SC)c2)o1. The van der Waals surface area contributed by atoms with Gasteiger partial charge in [0.2, 0.25) is 11.8 Å². The highest BCUT2D eigenvalue weighted by molar-refractivity contribution is 8.13. The van der Waals surface area contributed by atoms with Crippen molar-refractivity contribution in [2.75, 3.05) is 13.4 Å². The van der Waals surface area contributed by atoms with Gasteiger partial charge in [0.05, 0.1) is 7.11 Å². The summed E-state index contributed by atoms with van der Waals surface area (Å²) in [5.74, 6) is 1.59. The normalized spacial score (nSPS) is 11.1. The molecule has 0 radical (unpaired) electrons. The van der Waals surface area contributed by atoms with Crippen LogP contribution in [0.5, 0.6) is 5.75 Å². The number of benzene rings is 1. The molecule has 1 heterocycles. The first-order valence-electron chi connectivity index (χ1n) is 6.50. The number of hydrogen-bond acceptors (Lipinski definition) is 7. The molecule has 22 heavy (non-hydrogen) atoms. The summed E-state index contributed by atoms with van der Waals surface area (Å²) < 4.78 is 10.8. The smallest absolute Gasteiger partial charge is 0.247 e. The zero-order chi connectivity index (χ0) is 15.9. The van der Waals surface area contributed by atoms with E-state index in [2.05, 4.69) is 20.5 Å². The molecule has 1 N–H and O–H groups in total. The van der Waals surface area contributed by atoms with Crippen molar-refractivity contribution in [1.29, 1.82) is 5.26 Å². The molecule has 7 nitrogen and oxygen atoms in total. The largest absolute Gasteiger partial charge is 0.494 e. The molecular formula is C14H15N5O2S. The molecule has 1 aromatic heterocycles. The van der Waals surface area contributed by atoms with Crippen LogP contribution in [0.3, 0.4) is 0 Å². The molecule has 8 heteroatoms. The molecule has 0 unspecified atom stereocenters. The number of nitrogens with one attached hydrogen (secondary N) is 1. The molecule has 2 rings (SSSR count). The van der Waals surface area contributed by atoms with E-state index in [1.54, 1.807) is 19.2 Å². The highest BCUT2D eigenvalue weighted by Crippen LogP contribution is 2.32. The number of methoxy groups -OCH3 is 1. The lowest BCUT2D eigenvalue weighted by atomic mass is 10.2. The maximum atomic E-state index is 8.71. The van der Waals surface area contributed by atoms with Gasteiger partial charge in [-0.25, -0.2) is 4.99 Å². The maximum absolute atomic E-state index is 8.71. The zero-order valence-electron chi connectivity index (χ0n) is 12.5. The number of aryl methyl sites for hydroxylation is 1.